The first kappa shape index (κ1) is 15.4. The van der Waals surface area contributed by atoms with Crippen LogP contribution >= 0.6 is 0 Å². The smallest absolute Gasteiger partial charge is 0.113 e. The highest BCUT2D eigenvalue weighted by atomic mass is 16.6. The Morgan fingerprint density at radius 3 is 2.41 bits per heavy atom. The fourth-order valence-electron chi connectivity index (χ4n) is 5.59. The summed E-state index contributed by atoms with van der Waals surface area (Å²) < 4.78 is 18.4. The molecule has 0 aromatic heterocycles. The zero-order valence-corrected chi connectivity index (χ0v) is 15.1. The van der Waals surface area contributed by atoms with Crippen molar-refractivity contribution >= 4 is 0 Å². The maximum Gasteiger partial charge on any atom is 0.113 e. The summed E-state index contributed by atoms with van der Waals surface area (Å²) in [5, 5.41) is 0. The van der Waals surface area contributed by atoms with Crippen LogP contribution in [0.15, 0.2) is 0 Å². The molecule has 4 rings (SSSR count). The first-order valence-electron chi connectivity index (χ1n) is 9.00. The van der Waals surface area contributed by atoms with E-state index in [1.807, 2.05) is 0 Å². The number of rotatable bonds is 3. The van der Waals surface area contributed by atoms with E-state index in [1.54, 1.807) is 0 Å². The standard InChI is InChI=1S/C19H32O3/c1-16(2)8-13(15-19(6,10-16)22-15)20-9-12-7-14-18(5,21-14)11-17(12,3)4/h12-15H,7-11H2,1-6H3. The summed E-state index contributed by atoms with van der Waals surface area (Å²) in [5.41, 5.74) is 0.865. The third kappa shape index (κ3) is 2.44. The molecule has 3 heteroatoms. The van der Waals surface area contributed by atoms with Gasteiger partial charge in [-0.15, -0.1) is 0 Å². The molecule has 0 bridgehead atoms. The Balaban J connectivity index is 1.39. The van der Waals surface area contributed by atoms with E-state index in [2.05, 4.69) is 41.5 Å². The predicted molar refractivity (Wildman–Crippen MR) is 85.8 cm³/mol. The molecule has 2 aliphatic heterocycles. The van der Waals surface area contributed by atoms with Crippen LogP contribution in [0.2, 0.25) is 0 Å². The first-order valence-corrected chi connectivity index (χ1v) is 9.00. The third-order valence-corrected chi connectivity index (χ3v) is 6.82. The molecule has 0 N–H and O–H groups in total. The van der Waals surface area contributed by atoms with Gasteiger partial charge >= 0.3 is 0 Å². The van der Waals surface area contributed by atoms with Crippen LogP contribution in [0, 0.1) is 16.7 Å². The highest BCUT2D eigenvalue weighted by molar-refractivity contribution is 5.12. The van der Waals surface area contributed by atoms with Gasteiger partial charge in [-0.2, -0.15) is 0 Å². The minimum absolute atomic E-state index is 0.0761. The van der Waals surface area contributed by atoms with Crippen molar-refractivity contribution in [2.24, 2.45) is 16.7 Å². The Morgan fingerprint density at radius 1 is 0.955 bits per heavy atom. The first-order chi connectivity index (χ1) is 10.0. The molecule has 2 heterocycles. The molecule has 4 aliphatic rings. The topological polar surface area (TPSA) is 34.3 Å². The summed E-state index contributed by atoms with van der Waals surface area (Å²) >= 11 is 0. The highest BCUT2D eigenvalue weighted by Gasteiger charge is 2.64. The lowest BCUT2D eigenvalue weighted by atomic mass is 9.65. The molecule has 4 fully saturated rings. The van der Waals surface area contributed by atoms with E-state index in [0.29, 0.717) is 29.0 Å². The molecule has 6 unspecified atom stereocenters. The van der Waals surface area contributed by atoms with Crippen molar-refractivity contribution in [1.29, 1.82) is 0 Å². The van der Waals surface area contributed by atoms with E-state index >= 15 is 0 Å². The number of hydrogen-bond donors (Lipinski definition) is 0. The van der Waals surface area contributed by atoms with Crippen molar-refractivity contribution in [3.63, 3.8) is 0 Å². The molecule has 0 aromatic carbocycles. The number of ether oxygens (including phenoxy) is 3. The Hall–Kier alpha value is -0.120. The lowest BCUT2D eigenvalue weighted by molar-refractivity contribution is -0.0485. The zero-order valence-electron chi connectivity index (χ0n) is 15.1. The fraction of sp³-hybridized carbons (Fsp3) is 1.00. The Kier molecular flexibility index (Phi) is 3.00. The van der Waals surface area contributed by atoms with Crippen molar-refractivity contribution in [2.45, 2.75) is 96.7 Å². The van der Waals surface area contributed by atoms with Gasteiger partial charge in [-0.1, -0.05) is 27.7 Å². The van der Waals surface area contributed by atoms with Crippen LogP contribution in [0.3, 0.4) is 0 Å². The normalized spacial score (nSPS) is 54.3. The Labute approximate surface area is 135 Å². The summed E-state index contributed by atoms with van der Waals surface area (Å²) in [4.78, 5) is 0. The molecule has 2 saturated heterocycles. The maximum atomic E-state index is 6.43. The zero-order chi connectivity index (χ0) is 16.0. The monoisotopic (exact) mass is 308 g/mol. The minimum Gasteiger partial charge on any atom is -0.375 e. The second kappa shape index (κ2) is 4.29. The summed E-state index contributed by atoms with van der Waals surface area (Å²) in [7, 11) is 0. The molecular weight excluding hydrogens is 276 g/mol. The van der Waals surface area contributed by atoms with Crippen LogP contribution < -0.4 is 0 Å². The predicted octanol–water partition coefficient (Wildman–Crippen LogP) is 3.94. The molecule has 2 saturated carbocycles. The minimum atomic E-state index is 0.0761. The van der Waals surface area contributed by atoms with Gasteiger partial charge in [0.05, 0.1) is 30.0 Å². The van der Waals surface area contributed by atoms with E-state index in [4.69, 9.17) is 14.2 Å². The van der Waals surface area contributed by atoms with Gasteiger partial charge in [0.1, 0.15) is 6.10 Å². The molecule has 0 radical (unpaired) electrons. The summed E-state index contributed by atoms with van der Waals surface area (Å²) in [5.74, 6) is 0.600. The van der Waals surface area contributed by atoms with Gasteiger partial charge in [-0.3, -0.25) is 0 Å². The van der Waals surface area contributed by atoms with Crippen molar-refractivity contribution in [2.75, 3.05) is 6.61 Å². The summed E-state index contributed by atoms with van der Waals surface area (Å²) in [6, 6.07) is 0. The number of fused-ring (bicyclic) bond motifs is 2. The highest BCUT2D eigenvalue weighted by Crippen LogP contribution is 2.58. The lowest BCUT2D eigenvalue weighted by Gasteiger charge is -2.41. The van der Waals surface area contributed by atoms with Crippen LogP contribution in [0.25, 0.3) is 0 Å². The fourth-order valence-corrected chi connectivity index (χ4v) is 5.59. The van der Waals surface area contributed by atoms with Crippen molar-refractivity contribution in [3.05, 3.63) is 0 Å². The molecule has 6 atom stereocenters. The van der Waals surface area contributed by atoms with Crippen molar-refractivity contribution < 1.29 is 14.2 Å². The summed E-state index contributed by atoms with van der Waals surface area (Å²) in [6.45, 7) is 14.8. The van der Waals surface area contributed by atoms with Crippen LogP contribution in [0.4, 0.5) is 0 Å². The Bertz CT molecular complexity index is 482. The van der Waals surface area contributed by atoms with E-state index in [9.17, 15) is 0 Å². The summed E-state index contributed by atoms with van der Waals surface area (Å²) in [6.07, 6.45) is 5.67. The largest absolute Gasteiger partial charge is 0.375 e. The van der Waals surface area contributed by atoms with Crippen molar-refractivity contribution in [1.82, 2.24) is 0 Å². The van der Waals surface area contributed by atoms with Crippen LogP contribution in [0.1, 0.15) is 67.2 Å². The van der Waals surface area contributed by atoms with E-state index in [0.717, 1.165) is 32.3 Å². The van der Waals surface area contributed by atoms with Gasteiger partial charge in [0, 0.05) is 0 Å². The molecule has 0 aromatic rings. The number of hydrogen-bond acceptors (Lipinski definition) is 3. The van der Waals surface area contributed by atoms with E-state index in [1.165, 1.54) is 0 Å². The lowest BCUT2D eigenvalue weighted by Crippen LogP contribution is -2.43. The molecule has 22 heavy (non-hydrogen) atoms. The second-order valence-corrected chi connectivity index (χ2v) is 10.3. The average molecular weight is 308 g/mol. The Morgan fingerprint density at radius 2 is 1.68 bits per heavy atom. The van der Waals surface area contributed by atoms with Crippen LogP contribution in [0.5, 0.6) is 0 Å². The SMILES string of the molecule is CC1(C)CC(OCC2CC3OC3(C)CC2(C)C)C2OC2(C)C1. The van der Waals surface area contributed by atoms with Crippen LogP contribution in [-0.4, -0.2) is 36.1 Å². The van der Waals surface area contributed by atoms with Gasteiger partial charge in [0.15, 0.2) is 0 Å². The maximum absolute atomic E-state index is 6.43. The van der Waals surface area contributed by atoms with Gasteiger partial charge < -0.3 is 14.2 Å². The average Bonchev–Trinajstić information content (AvgIpc) is 3.17. The van der Waals surface area contributed by atoms with Gasteiger partial charge in [0.2, 0.25) is 0 Å². The van der Waals surface area contributed by atoms with Crippen molar-refractivity contribution in [3.8, 4) is 0 Å². The molecule has 0 spiro atoms. The molecule has 126 valence electrons. The second-order valence-electron chi connectivity index (χ2n) is 10.3. The van der Waals surface area contributed by atoms with Gasteiger partial charge in [-0.25, -0.2) is 0 Å². The third-order valence-electron chi connectivity index (χ3n) is 6.82. The molecule has 3 nitrogen and oxygen atoms in total. The number of epoxide rings is 2. The molecule has 0 amide bonds. The van der Waals surface area contributed by atoms with Gasteiger partial charge in [0.25, 0.3) is 0 Å². The van der Waals surface area contributed by atoms with Crippen LogP contribution in [-0.2, 0) is 14.2 Å². The molecular formula is C19H32O3. The van der Waals surface area contributed by atoms with E-state index < -0.39 is 0 Å². The molecule has 2 aliphatic carbocycles. The van der Waals surface area contributed by atoms with Gasteiger partial charge in [-0.05, 0) is 56.3 Å². The quantitative estimate of drug-likeness (QED) is 0.741. The van der Waals surface area contributed by atoms with E-state index in [-0.39, 0.29) is 17.3 Å².